The Morgan fingerprint density at radius 3 is 2.67 bits per heavy atom. The van der Waals surface area contributed by atoms with Gasteiger partial charge in [0.15, 0.2) is 0 Å². The van der Waals surface area contributed by atoms with Crippen molar-refractivity contribution in [3.05, 3.63) is 0 Å². The Morgan fingerprint density at radius 1 is 1.75 bits per heavy atom. The second kappa shape index (κ2) is 3.75. The second-order valence-electron chi connectivity index (χ2n) is 3.38. The summed E-state index contributed by atoms with van der Waals surface area (Å²) in [5.41, 5.74) is 0. The molecular weight excluding hydrogens is 222 g/mol. The number of hydrogen-bond acceptors (Lipinski definition) is 2. The maximum atomic E-state index is 11.4. The zero-order valence-corrected chi connectivity index (χ0v) is 8.73. The number of rotatable bonds is 3. The summed E-state index contributed by atoms with van der Waals surface area (Å²) in [6, 6.07) is -0.146. The van der Waals surface area contributed by atoms with Gasteiger partial charge in [0.05, 0.1) is 6.61 Å². The minimum absolute atomic E-state index is 0.00514. The fourth-order valence-electron chi connectivity index (χ4n) is 1.11. The van der Waals surface area contributed by atoms with Crippen LogP contribution in [0, 0.1) is 0 Å². The molecule has 0 radical (unpaired) electrons. The van der Waals surface area contributed by atoms with Crippen molar-refractivity contribution in [1.82, 2.24) is 5.32 Å². The molecule has 0 spiro atoms. The number of hydrogen-bond donors (Lipinski definition) is 2. The topological polar surface area (TPSA) is 49.3 Å². The van der Waals surface area contributed by atoms with E-state index in [1.54, 1.807) is 6.92 Å². The largest absolute Gasteiger partial charge is 0.394 e. The monoisotopic (exact) mass is 235 g/mol. The van der Waals surface area contributed by atoms with Gasteiger partial charge in [-0.3, -0.25) is 4.79 Å². The first-order chi connectivity index (χ1) is 5.58. The zero-order chi connectivity index (χ0) is 9.19. The molecular formula is C8H14BrNO2. The lowest BCUT2D eigenvalue weighted by atomic mass is 9.84. The van der Waals surface area contributed by atoms with Gasteiger partial charge >= 0.3 is 0 Å². The number of aliphatic hydroxyl groups excluding tert-OH is 1. The fraction of sp³-hybridized carbons (Fsp3) is 0.875. The van der Waals surface area contributed by atoms with Crippen molar-refractivity contribution in [1.29, 1.82) is 0 Å². The van der Waals surface area contributed by atoms with Crippen LogP contribution in [0.25, 0.3) is 0 Å². The van der Waals surface area contributed by atoms with Gasteiger partial charge in [-0.25, -0.2) is 0 Å². The van der Waals surface area contributed by atoms with Crippen LogP contribution in [0.3, 0.4) is 0 Å². The fourth-order valence-corrected chi connectivity index (χ4v) is 1.79. The number of halogens is 1. The Balaban J connectivity index is 2.37. The van der Waals surface area contributed by atoms with E-state index in [4.69, 9.17) is 5.11 Å². The highest BCUT2D eigenvalue weighted by Crippen LogP contribution is 2.40. The number of amides is 1. The molecule has 1 saturated carbocycles. The van der Waals surface area contributed by atoms with E-state index in [0.29, 0.717) is 0 Å². The van der Waals surface area contributed by atoms with Crippen LogP contribution in [0.15, 0.2) is 0 Å². The van der Waals surface area contributed by atoms with E-state index in [-0.39, 0.29) is 22.9 Å². The second-order valence-corrected chi connectivity index (χ2v) is 4.89. The van der Waals surface area contributed by atoms with Crippen LogP contribution in [0.2, 0.25) is 0 Å². The van der Waals surface area contributed by atoms with Crippen LogP contribution in [0.5, 0.6) is 0 Å². The molecule has 70 valence electrons. The van der Waals surface area contributed by atoms with Crippen LogP contribution in [0.4, 0.5) is 0 Å². The van der Waals surface area contributed by atoms with Crippen molar-refractivity contribution < 1.29 is 9.90 Å². The lowest BCUT2D eigenvalue weighted by molar-refractivity contribution is -0.126. The maximum Gasteiger partial charge on any atom is 0.237 e. The Hall–Kier alpha value is -0.0900. The zero-order valence-electron chi connectivity index (χ0n) is 7.14. The van der Waals surface area contributed by atoms with Crippen LogP contribution < -0.4 is 5.32 Å². The van der Waals surface area contributed by atoms with Crippen LogP contribution >= 0.6 is 15.9 Å². The first-order valence-corrected chi connectivity index (χ1v) is 4.98. The molecule has 4 heteroatoms. The van der Waals surface area contributed by atoms with Crippen molar-refractivity contribution in [3.63, 3.8) is 0 Å². The molecule has 1 unspecified atom stereocenters. The number of carbonyl (C=O) groups excluding carboxylic acids is 1. The molecule has 1 atom stereocenters. The minimum atomic E-state index is -0.337. The lowest BCUT2D eigenvalue weighted by Crippen LogP contribution is -2.50. The van der Waals surface area contributed by atoms with Crippen molar-refractivity contribution in [2.45, 2.75) is 36.6 Å². The SMILES string of the molecule is CC(CO)NC(=O)C1(Br)CCC1. The maximum absolute atomic E-state index is 11.4. The molecule has 1 rings (SSSR count). The molecule has 1 aliphatic rings. The van der Waals surface area contributed by atoms with Gasteiger partial charge in [-0.1, -0.05) is 15.9 Å². The van der Waals surface area contributed by atoms with E-state index in [0.717, 1.165) is 19.3 Å². The van der Waals surface area contributed by atoms with Crippen molar-refractivity contribution in [2.24, 2.45) is 0 Å². The Bertz CT molecular complexity index is 180. The van der Waals surface area contributed by atoms with Crippen molar-refractivity contribution in [3.8, 4) is 0 Å². The van der Waals surface area contributed by atoms with Crippen molar-refractivity contribution >= 4 is 21.8 Å². The number of aliphatic hydroxyl groups is 1. The summed E-state index contributed by atoms with van der Waals surface area (Å²) in [7, 11) is 0. The first-order valence-electron chi connectivity index (χ1n) is 4.19. The van der Waals surface area contributed by atoms with Crippen LogP contribution in [0.1, 0.15) is 26.2 Å². The molecule has 0 bridgehead atoms. The lowest BCUT2D eigenvalue weighted by Gasteiger charge is -2.35. The Kier molecular flexibility index (Phi) is 3.12. The third-order valence-electron chi connectivity index (χ3n) is 2.20. The van der Waals surface area contributed by atoms with Crippen molar-refractivity contribution in [2.75, 3.05) is 6.61 Å². The van der Waals surface area contributed by atoms with Gasteiger partial charge in [0.25, 0.3) is 0 Å². The Labute approximate surface area is 80.7 Å². The summed E-state index contributed by atoms with van der Waals surface area (Å²) >= 11 is 3.40. The molecule has 0 aromatic carbocycles. The molecule has 0 aliphatic heterocycles. The van der Waals surface area contributed by atoms with E-state index >= 15 is 0 Å². The molecule has 12 heavy (non-hydrogen) atoms. The minimum Gasteiger partial charge on any atom is -0.394 e. The predicted octanol–water partition coefficient (Wildman–Crippen LogP) is 0.801. The summed E-state index contributed by atoms with van der Waals surface area (Å²) in [4.78, 5) is 11.4. The molecule has 2 N–H and O–H groups in total. The number of alkyl halides is 1. The normalized spacial score (nSPS) is 22.6. The summed E-state index contributed by atoms with van der Waals surface area (Å²) in [6.45, 7) is 1.78. The molecule has 0 heterocycles. The summed E-state index contributed by atoms with van der Waals surface area (Å²) < 4.78 is -0.337. The van der Waals surface area contributed by atoms with E-state index in [9.17, 15) is 4.79 Å². The van der Waals surface area contributed by atoms with Gasteiger partial charge in [0, 0.05) is 6.04 Å². The molecule has 0 saturated heterocycles. The molecule has 1 aliphatic carbocycles. The highest BCUT2D eigenvalue weighted by molar-refractivity contribution is 9.10. The quantitative estimate of drug-likeness (QED) is 0.712. The smallest absolute Gasteiger partial charge is 0.237 e. The average Bonchev–Trinajstić information content (AvgIpc) is 1.99. The third kappa shape index (κ3) is 1.98. The van der Waals surface area contributed by atoms with E-state index in [1.807, 2.05) is 0 Å². The number of nitrogens with one attached hydrogen (secondary N) is 1. The predicted molar refractivity (Wildman–Crippen MR) is 50.2 cm³/mol. The Morgan fingerprint density at radius 2 is 2.33 bits per heavy atom. The number of carbonyl (C=O) groups is 1. The van der Waals surface area contributed by atoms with E-state index in [1.165, 1.54) is 0 Å². The standard InChI is InChI=1S/C8H14BrNO2/c1-6(5-11)10-7(12)8(9)3-2-4-8/h6,11H,2-5H2,1H3,(H,10,12). The van der Waals surface area contributed by atoms with Gasteiger partial charge in [-0.2, -0.15) is 0 Å². The first kappa shape index (κ1) is 9.99. The van der Waals surface area contributed by atoms with Crippen LogP contribution in [-0.4, -0.2) is 28.0 Å². The van der Waals surface area contributed by atoms with Gasteiger partial charge < -0.3 is 10.4 Å². The van der Waals surface area contributed by atoms with Gasteiger partial charge in [-0.15, -0.1) is 0 Å². The molecule has 0 aromatic rings. The van der Waals surface area contributed by atoms with E-state index < -0.39 is 0 Å². The summed E-state index contributed by atoms with van der Waals surface area (Å²) in [6.07, 6.45) is 2.90. The molecule has 3 nitrogen and oxygen atoms in total. The molecule has 0 aromatic heterocycles. The summed E-state index contributed by atoms with van der Waals surface area (Å²) in [5.74, 6) is 0.00954. The highest BCUT2D eigenvalue weighted by Gasteiger charge is 2.41. The van der Waals surface area contributed by atoms with Gasteiger partial charge in [0.1, 0.15) is 4.32 Å². The molecule has 1 fully saturated rings. The summed E-state index contributed by atoms with van der Waals surface area (Å²) in [5, 5.41) is 11.4. The van der Waals surface area contributed by atoms with Crippen LogP contribution in [-0.2, 0) is 4.79 Å². The highest BCUT2D eigenvalue weighted by atomic mass is 79.9. The third-order valence-corrected chi connectivity index (χ3v) is 3.36. The average molecular weight is 236 g/mol. The molecule has 1 amide bonds. The van der Waals surface area contributed by atoms with Gasteiger partial charge in [0.2, 0.25) is 5.91 Å². The van der Waals surface area contributed by atoms with Gasteiger partial charge in [-0.05, 0) is 26.2 Å². The van der Waals surface area contributed by atoms with E-state index in [2.05, 4.69) is 21.2 Å².